The number of hydrogen-bond acceptors (Lipinski definition) is 6. The second-order valence-corrected chi connectivity index (χ2v) is 8.98. The number of hydrogen-bond donors (Lipinski definition) is 4. The molecule has 0 spiro atoms. The van der Waals surface area contributed by atoms with E-state index in [1.54, 1.807) is 6.20 Å². The number of aliphatic hydroxyl groups excluding tert-OH is 2. The molecule has 3 heterocycles. The second-order valence-electron chi connectivity index (χ2n) is 8.98. The van der Waals surface area contributed by atoms with E-state index in [0.29, 0.717) is 22.5 Å². The van der Waals surface area contributed by atoms with Gasteiger partial charge in [0.1, 0.15) is 6.23 Å². The number of aromatic amines is 1. The monoisotopic (exact) mass is 503 g/mol. The summed E-state index contributed by atoms with van der Waals surface area (Å²) in [5.41, 5.74) is 5.97. The third-order valence-corrected chi connectivity index (χ3v) is 6.55. The average molecular weight is 504 g/mol. The topological polar surface area (TPSA) is 116 Å². The molecule has 3 aromatic carbocycles. The van der Waals surface area contributed by atoms with E-state index in [9.17, 15) is 15.0 Å². The Labute approximate surface area is 217 Å². The van der Waals surface area contributed by atoms with Crippen LogP contribution in [0, 0.1) is 0 Å². The van der Waals surface area contributed by atoms with Gasteiger partial charge in [-0.3, -0.25) is 20.2 Å². The summed E-state index contributed by atoms with van der Waals surface area (Å²) in [5.74, 6) is 0. The number of pyridine rings is 1. The van der Waals surface area contributed by atoms with Crippen molar-refractivity contribution in [3.05, 3.63) is 113 Å². The molecule has 0 saturated heterocycles. The molecule has 38 heavy (non-hydrogen) atoms. The van der Waals surface area contributed by atoms with Crippen molar-refractivity contribution in [2.45, 2.75) is 12.8 Å². The molecule has 1 atom stereocenters. The van der Waals surface area contributed by atoms with E-state index in [1.165, 1.54) is 4.52 Å². The third-order valence-electron chi connectivity index (χ3n) is 6.55. The van der Waals surface area contributed by atoms with Gasteiger partial charge >= 0.3 is 0 Å². The Morgan fingerprint density at radius 2 is 1.61 bits per heavy atom. The van der Waals surface area contributed by atoms with Gasteiger partial charge in [0, 0.05) is 23.7 Å². The van der Waals surface area contributed by atoms with Crippen LogP contribution in [0.4, 0.5) is 0 Å². The molecule has 1 unspecified atom stereocenters. The van der Waals surface area contributed by atoms with Crippen LogP contribution in [-0.4, -0.2) is 42.6 Å². The van der Waals surface area contributed by atoms with E-state index in [2.05, 4.69) is 15.4 Å². The minimum absolute atomic E-state index is 0.0773. The number of rotatable bonds is 7. The van der Waals surface area contributed by atoms with E-state index in [0.717, 1.165) is 33.3 Å². The van der Waals surface area contributed by atoms with Crippen LogP contribution >= 0.6 is 0 Å². The highest BCUT2D eigenvalue weighted by atomic mass is 16.3. The van der Waals surface area contributed by atoms with Gasteiger partial charge < -0.3 is 10.2 Å². The summed E-state index contributed by atoms with van der Waals surface area (Å²) in [6.07, 6.45) is 0.578. The van der Waals surface area contributed by atoms with Crippen molar-refractivity contribution >= 4 is 16.6 Å². The van der Waals surface area contributed by atoms with Crippen molar-refractivity contribution in [2.75, 3.05) is 6.61 Å². The van der Waals surface area contributed by atoms with Gasteiger partial charge in [0.05, 0.1) is 34.6 Å². The van der Waals surface area contributed by atoms with E-state index in [4.69, 9.17) is 4.98 Å². The summed E-state index contributed by atoms with van der Waals surface area (Å²) in [6.45, 7) is -0.385. The molecule has 0 aliphatic carbocycles. The van der Waals surface area contributed by atoms with Gasteiger partial charge in [-0.2, -0.15) is 4.52 Å². The predicted octanol–water partition coefficient (Wildman–Crippen LogP) is 3.97. The number of fused-ring (bicyclic) bond motifs is 2. The molecular formula is C30H25N5O3. The Bertz CT molecular complexity index is 1800. The lowest BCUT2D eigenvalue weighted by atomic mass is 10.0. The standard InChI is InChI=1S/C30H25N5O3/c36-18-25(37)32-17-24-26(22-13-14-23-21(16-22)12-7-15-31-23)30(38)35-29(33-24)27(19-8-3-1-4-9-19)28(34-35)20-10-5-2-6-11-20/h1-16,25,32,34,36-37H,17-18H2. The SMILES string of the molecule is O=c1c(-c2ccc3ncccc3c2)c(CNC(O)CO)nc2c(-c3ccccc3)c(-c3ccccc3)[nH]n12. The zero-order chi connectivity index (χ0) is 26.1. The molecule has 8 heteroatoms. The molecule has 0 aliphatic rings. The van der Waals surface area contributed by atoms with Crippen LogP contribution in [0.3, 0.4) is 0 Å². The summed E-state index contributed by atoms with van der Waals surface area (Å²) in [7, 11) is 0. The maximum atomic E-state index is 14.2. The van der Waals surface area contributed by atoms with Crippen molar-refractivity contribution < 1.29 is 10.2 Å². The van der Waals surface area contributed by atoms with Gasteiger partial charge in [-0.05, 0) is 29.3 Å². The van der Waals surface area contributed by atoms with Gasteiger partial charge in [-0.1, -0.05) is 72.8 Å². The van der Waals surface area contributed by atoms with Crippen LogP contribution < -0.4 is 10.9 Å². The number of benzene rings is 3. The molecule has 0 saturated carbocycles. The zero-order valence-corrected chi connectivity index (χ0v) is 20.4. The number of aliphatic hydroxyl groups is 2. The summed E-state index contributed by atoms with van der Waals surface area (Å²) >= 11 is 0. The highest BCUT2D eigenvalue weighted by Crippen LogP contribution is 2.35. The van der Waals surface area contributed by atoms with Crippen LogP contribution in [-0.2, 0) is 6.54 Å². The lowest BCUT2D eigenvalue weighted by molar-refractivity contribution is 0.0663. The lowest BCUT2D eigenvalue weighted by Gasteiger charge is -2.14. The third kappa shape index (κ3) is 4.26. The molecule has 0 bridgehead atoms. The van der Waals surface area contributed by atoms with Gasteiger partial charge in [0.25, 0.3) is 5.56 Å². The summed E-state index contributed by atoms with van der Waals surface area (Å²) in [6, 6.07) is 29.1. The quantitative estimate of drug-likeness (QED) is 0.245. The molecular weight excluding hydrogens is 478 g/mol. The Kier molecular flexibility index (Phi) is 6.27. The molecule has 8 nitrogen and oxygen atoms in total. The first-order valence-corrected chi connectivity index (χ1v) is 12.3. The highest BCUT2D eigenvalue weighted by molar-refractivity contribution is 5.91. The minimum atomic E-state index is -1.15. The Hall–Kier alpha value is -4.63. The number of H-pyrrole nitrogens is 1. The molecule has 3 aromatic heterocycles. The first-order valence-electron chi connectivity index (χ1n) is 12.3. The van der Waals surface area contributed by atoms with Crippen LogP contribution in [0.2, 0.25) is 0 Å². The molecule has 0 radical (unpaired) electrons. The fourth-order valence-electron chi connectivity index (χ4n) is 4.74. The van der Waals surface area contributed by atoms with Crippen LogP contribution in [0.5, 0.6) is 0 Å². The average Bonchev–Trinajstić information content (AvgIpc) is 3.36. The molecule has 6 rings (SSSR count). The largest absolute Gasteiger partial charge is 0.392 e. The smallest absolute Gasteiger partial charge is 0.280 e. The molecule has 0 aliphatic heterocycles. The highest BCUT2D eigenvalue weighted by Gasteiger charge is 2.23. The van der Waals surface area contributed by atoms with Crippen molar-refractivity contribution in [3.8, 4) is 33.5 Å². The molecule has 188 valence electrons. The normalized spacial score (nSPS) is 12.3. The fourth-order valence-corrected chi connectivity index (χ4v) is 4.74. The maximum Gasteiger partial charge on any atom is 0.280 e. The van der Waals surface area contributed by atoms with Crippen LogP contribution in [0.1, 0.15) is 5.69 Å². The predicted molar refractivity (Wildman–Crippen MR) is 147 cm³/mol. The van der Waals surface area contributed by atoms with Gasteiger partial charge in [0.15, 0.2) is 5.65 Å². The van der Waals surface area contributed by atoms with E-state index < -0.39 is 12.8 Å². The molecule has 6 aromatic rings. The Morgan fingerprint density at radius 3 is 2.34 bits per heavy atom. The van der Waals surface area contributed by atoms with Crippen molar-refractivity contribution in [3.63, 3.8) is 0 Å². The fraction of sp³-hybridized carbons (Fsp3) is 0.100. The second kappa shape index (κ2) is 10.0. The zero-order valence-electron chi connectivity index (χ0n) is 20.4. The van der Waals surface area contributed by atoms with E-state index >= 15 is 0 Å². The summed E-state index contributed by atoms with van der Waals surface area (Å²) < 4.78 is 1.49. The van der Waals surface area contributed by atoms with Crippen molar-refractivity contribution in [1.82, 2.24) is 24.9 Å². The van der Waals surface area contributed by atoms with Crippen molar-refractivity contribution in [2.24, 2.45) is 0 Å². The van der Waals surface area contributed by atoms with Gasteiger partial charge in [0.2, 0.25) is 0 Å². The molecule has 0 fully saturated rings. The van der Waals surface area contributed by atoms with E-state index in [-0.39, 0.29) is 12.1 Å². The number of nitrogens with one attached hydrogen (secondary N) is 2. The number of aromatic nitrogens is 4. The van der Waals surface area contributed by atoms with Crippen LogP contribution in [0.25, 0.3) is 50.1 Å². The van der Waals surface area contributed by atoms with Gasteiger partial charge in [-0.15, -0.1) is 0 Å². The molecule has 4 N–H and O–H groups in total. The minimum Gasteiger partial charge on any atom is -0.392 e. The summed E-state index contributed by atoms with van der Waals surface area (Å²) in [5, 5.41) is 26.4. The first-order chi connectivity index (χ1) is 18.6. The molecule has 0 amide bonds. The Morgan fingerprint density at radius 1 is 0.868 bits per heavy atom. The van der Waals surface area contributed by atoms with E-state index in [1.807, 2.05) is 91.0 Å². The maximum absolute atomic E-state index is 14.2. The Balaban J connectivity index is 1.65. The lowest BCUT2D eigenvalue weighted by Crippen LogP contribution is -2.33. The first kappa shape index (κ1) is 23.7. The van der Waals surface area contributed by atoms with Crippen LogP contribution in [0.15, 0.2) is 102 Å². The van der Waals surface area contributed by atoms with Gasteiger partial charge in [-0.25, -0.2) is 4.98 Å². The summed E-state index contributed by atoms with van der Waals surface area (Å²) in [4.78, 5) is 23.5. The van der Waals surface area contributed by atoms with Crippen molar-refractivity contribution in [1.29, 1.82) is 0 Å². The number of nitrogens with zero attached hydrogens (tertiary/aromatic N) is 3.